The highest BCUT2D eigenvalue weighted by Gasteiger charge is 2.19. The molecule has 2 aromatic heterocycles. The standard InChI is InChI=1S/C13H11Cl3N4/c1-7(14)13-17-10-5-8(15)9(16)6-11(10)20(13)12-3-4-19(2)18-12/h3-7H,1-2H3. The lowest BCUT2D eigenvalue weighted by Gasteiger charge is -2.07. The molecule has 7 heteroatoms. The number of alkyl halides is 1. The number of rotatable bonds is 2. The van der Waals surface area contributed by atoms with Crippen LogP contribution in [0, 0.1) is 0 Å². The Morgan fingerprint density at radius 1 is 1.20 bits per heavy atom. The van der Waals surface area contributed by atoms with Crippen molar-refractivity contribution in [2.45, 2.75) is 12.3 Å². The molecule has 4 nitrogen and oxygen atoms in total. The van der Waals surface area contributed by atoms with Crippen molar-refractivity contribution in [3.8, 4) is 5.82 Å². The number of imidazole rings is 1. The first kappa shape index (κ1) is 13.7. The summed E-state index contributed by atoms with van der Waals surface area (Å²) < 4.78 is 3.62. The van der Waals surface area contributed by atoms with Crippen molar-refractivity contribution in [1.82, 2.24) is 19.3 Å². The Kier molecular flexibility index (Phi) is 3.40. The normalized spacial score (nSPS) is 13.1. The summed E-state index contributed by atoms with van der Waals surface area (Å²) in [6.45, 7) is 1.87. The van der Waals surface area contributed by atoms with Crippen molar-refractivity contribution in [2.24, 2.45) is 7.05 Å². The van der Waals surface area contributed by atoms with Gasteiger partial charge in [0, 0.05) is 19.3 Å². The molecule has 0 saturated heterocycles. The minimum Gasteiger partial charge on any atom is -0.278 e. The van der Waals surface area contributed by atoms with Crippen LogP contribution in [0.2, 0.25) is 10.0 Å². The summed E-state index contributed by atoms with van der Waals surface area (Å²) in [5.74, 6) is 1.45. The molecule has 0 saturated carbocycles. The van der Waals surface area contributed by atoms with Gasteiger partial charge >= 0.3 is 0 Å². The number of nitrogens with zero attached hydrogens (tertiary/aromatic N) is 4. The lowest BCUT2D eigenvalue weighted by atomic mass is 10.3. The Hall–Kier alpha value is -1.23. The zero-order valence-corrected chi connectivity index (χ0v) is 13.1. The van der Waals surface area contributed by atoms with Gasteiger partial charge in [0.15, 0.2) is 5.82 Å². The Balaban J connectivity index is 2.37. The van der Waals surface area contributed by atoms with Crippen molar-refractivity contribution in [2.75, 3.05) is 0 Å². The second-order valence-electron chi connectivity index (χ2n) is 4.52. The van der Waals surface area contributed by atoms with Crippen molar-refractivity contribution in [3.05, 3.63) is 40.3 Å². The molecule has 0 bridgehead atoms. The SMILES string of the molecule is CC(Cl)c1nc2cc(Cl)c(Cl)cc2n1-c1ccn(C)n1. The van der Waals surface area contributed by atoms with E-state index in [4.69, 9.17) is 34.8 Å². The van der Waals surface area contributed by atoms with Crippen LogP contribution in [-0.2, 0) is 7.05 Å². The van der Waals surface area contributed by atoms with Crippen molar-refractivity contribution in [3.63, 3.8) is 0 Å². The molecular formula is C13H11Cl3N4. The molecule has 1 unspecified atom stereocenters. The van der Waals surface area contributed by atoms with E-state index in [-0.39, 0.29) is 5.38 Å². The third kappa shape index (κ3) is 2.18. The molecule has 2 heterocycles. The van der Waals surface area contributed by atoms with Crippen LogP contribution < -0.4 is 0 Å². The first-order valence-corrected chi connectivity index (χ1v) is 7.18. The van der Waals surface area contributed by atoms with Gasteiger partial charge in [-0.3, -0.25) is 9.25 Å². The highest BCUT2D eigenvalue weighted by molar-refractivity contribution is 6.42. The van der Waals surface area contributed by atoms with E-state index in [1.165, 1.54) is 0 Å². The molecule has 0 amide bonds. The molecule has 3 aromatic rings. The van der Waals surface area contributed by atoms with Crippen LogP contribution in [0.25, 0.3) is 16.9 Å². The van der Waals surface area contributed by atoms with E-state index < -0.39 is 0 Å². The molecule has 0 aliphatic carbocycles. The van der Waals surface area contributed by atoms with Crippen LogP contribution in [0.5, 0.6) is 0 Å². The van der Waals surface area contributed by atoms with E-state index in [2.05, 4.69) is 10.1 Å². The first-order chi connectivity index (χ1) is 9.47. The summed E-state index contributed by atoms with van der Waals surface area (Å²) in [6.07, 6.45) is 1.86. The molecule has 3 rings (SSSR count). The number of aryl methyl sites for hydroxylation is 1. The zero-order chi connectivity index (χ0) is 14.4. The van der Waals surface area contributed by atoms with Gasteiger partial charge in [0.25, 0.3) is 0 Å². The predicted octanol–water partition coefficient (Wildman–Crippen LogP) is 4.37. The van der Waals surface area contributed by atoms with Gasteiger partial charge in [0.2, 0.25) is 0 Å². The van der Waals surface area contributed by atoms with Gasteiger partial charge in [-0.15, -0.1) is 11.6 Å². The number of fused-ring (bicyclic) bond motifs is 1. The van der Waals surface area contributed by atoms with Crippen LogP contribution >= 0.6 is 34.8 Å². The Bertz CT molecular complexity index is 788. The van der Waals surface area contributed by atoms with E-state index in [0.29, 0.717) is 15.9 Å². The lowest BCUT2D eigenvalue weighted by Crippen LogP contribution is -2.03. The van der Waals surface area contributed by atoms with Gasteiger partial charge in [0.1, 0.15) is 5.82 Å². The lowest BCUT2D eigenvalue weighted by molar-refractivity contribution is 0.744. The maximum Gasteiger partial charge on any atom is 0.160 e. The smallest absolute Gasteiger partial charge is 0.160 e. The van der Waals surface area contributed by atoms with E-state index in [1.807, 2.05) is 30.8 Å². The number of aromatic nitrogens is 4. The summed E-state index contributed by atoms with van der Waals surface area (Å²) in [5.41, 5.74) is 1.58. The van der Waals surface area contributed by atoms with Gasteiger partial charge in [0.05, 0.1) is 26.5 Å². The summed E-state index contributed by atoms with van der Waals surface area (Å²) in [6, 6.07) is 5.41. The molecule has 1 atom stereocenters. The van der Waals surface area contributed by atoms with Crippen LogP contribution in [0.1, 0.15) is 18.1 Å². The highest BCUT2D eigenvalue weighted by atomic mass is 35.5. The number of benzene rings is 1. The quantitative estimate of drug-likeness (QED) is 0.655. The minimum atomic E-state index is -0.262. The minimum absolute atomic E-state index is 0.262. The number of hydrogen-bond donors (Lipinski definition) is 0. The summed E-state index contributed by atoms with van der Waals surface area (Å²) in [4.78, 5) is 4.54. The fourth-order valence-electron chi connectivity index (χ4n) is 2.12. The van der Waals surface area contributed by atoms with E-state index >= 15 is 0 Å². The summed E-state index contributed by atoms with van der Waals surface area (Å²) in [5, 5.41) is 5.09. The van der Waals surface area contributed by atoms with Gasteiger partial charge in [-0.05, 0) is 19.1 Å². The average Bonchev–Trinajstić information content (AvgIpc) is 2.94. The number of hydrogen-bond acceptors (Lipinski definition) is 2. The molecule has 0 aliphatic heterocycles. The summed E-state index contributed by atoms with van der Waals surface area (Å²) >= 11 is 18.4. The van der Waals surface area contributed by atoms with Gasteiger partial charge in [-0.25, -0.2) is 4.98 Å². The first-order valence-electron chi connectivity index (χ1n) is 5.99. The van der Waals surface area contributed by atoms with E-state index in [1.54, 1.807) is 16.8 Å². The third-order valence-electron chi connectivity index (χ3n) is 3.01. The van der Waals surface area contributed by atoms with Crippen LogP contribution in [0.4, 0.5) is 0 Å². The average molecular weight is 330 g/mol. The van der Waals surface area contributed by atoms with Crippen LogP contribution in [0.15, 0.2) is 24.4 Å². The monoisotopic (exact) mass is 328 g/mol. The van der Waals surface area contributed by atoms with Crippen molar-refractivity contribution < 1.29 is 0 Å². The molecule has 20 heavy (non-hydrogen) atoms. The second-order valence-corrected chi connectivity index (χ2v) is 5.99. The van der Waals surface area contributed by atoms with E-state index in [0.717, 1.165) is 16.9 Å². The fourth-order valence-corrected chi connectivity index (χ4v) is 2.58. The zero-order valence-electron chi connectivity index (χ0n) is 10.8. The molecule has 0 radical (unpaired) electrons. The molecule has 1 aromatic carbocycles. The van der Waals surface area contributed by atoms with Crippen molar-refractivity contribution >= 4 is 45.8 Å². The van der Waals surface area contributed by atoms with E-state index in [9.17, 15) is 0 Å². The van der Waals surface area contributed by atoms with Crippen LogP contribution in [0.3, 0.4) is 0 Å². The molecule has 0 fully saturated rings. The number of halogens is 3. The van der Waals surface area contributed by atoms with Gasteiger partial charge in [-0.2, -0.15) is 5.10 Å². The molecular weight excluding hydrogens is 319 g/mol. The van der Waals surface area contributed by atoms with Gasteiger partial charge in [-0.1, -0.05) is 23.2 Å². The maximum atomic E-state index is 6.23. The molecule has 104 valence electrons. The fraction of sp³-hybridized carbons (Fsp3) is 0.231. The van der Waals surface area contributed by atoms with Crippen molar-refractivity contribution in [1.29, 1.82) is 0 Å². The topological polar surface area (TPSA) is 35.6 Å². The van der Waals surface area contributed by atoms with Gasteiger partial charge < -0.3 is 0 Å². The molecule has 0 aliphatic rings. The summed E-state index contributed by atoms with van der Waals surface area (Å²) in [7, 11) is 1.86. The molecule has 0 N–H and O–H groups in total. The Morgan fingerprint density at radius 3 is 2.50 bits per heavy atom. The molecule has 0 spiro atoms. The highest BCUT2D eigenvalue weighted by Crippen LogP contribution is 2.32. The van der Waals surface area contributed by atoms with Crippen LogP contribution in [-0.4, -0.2) is 19.3 Å². The predicted molar refractivity (Wildman–Crippen MR) is 82.1 cm³/mol. The Morgan fingerprint density at radius 2 is 1.90 bits per heavy atom. The largest absolute Gasteiger partial charge is 0.278 e. The Labute approximate surface area is 130 Å². The third-order valence-corrected chi connectivity index (χ3v) is 3.92. The second kappa shape index (κ2) is 4.95. The maximum absolute atomic E-state index is 6.23.